The Morgan fingerprint density at radius 3 is 2.78 bits per heavy atom. The van der Waals surface area contributed by atoms with Gasteiger partial charge in [-0.1, -0.05) is 24.1 Å². The van der Waals surface area contributed by atoms with Gasteiger partial charge in [-0.15, -0.1) is 6.42 Å². The van der Waals surface area contributed by atoms with Crippen molar-refractivity contribution in [2.45, 2.75) is 25.3 Å². The molecule has 3 rings (SSSR count). The van der Waals surface area contributed by atoms with Crippen molar-refractivity contribution >= 4 is 5.95 Å². The van der Waals surface area contributed by atoms with Gasteiger partial charge in [0, 0.05) is 38.2 Å². The lowest BCUT2D eigenvalue weighted by molar-refractivity contribution is 0.200. The Morgan fingerprint density at radius 2 is 2.07 bits per heavy atom. The molecule has 0 bridgehead atoms. The van der Waals surface area contributed by atoms with E-state index >= 15 is 0 Å². The van der Waals surface area contributed by atoms with Crippen molar-refractivity contribution in [2.24, 2.45) is 0 Å². The number of ether oxygens (including phenoxy) is 1. The first-order chi connectivity index (χ1) is 13.1. The maximum absolute atomic E-state index is 11.9. The summed E-state index contributed by atoms with van der Waals surface area (Å²) < 4.78 is 5.65. The minimum absolute atomic E-state index is 0.0919. The van der Waals surface area contributed by atoms with E-state index in [2.05, 4.69) is 26.9 Å². The average molecular weight is 366 g/mol. The number of hydrogen-bond acceptors (Lipinski definition) is 5. The van der Waals surface area contributed by atoms with Crippen LogP contribution in [0.4, 0.5) is 5.95 Å². The van der Waals surface area contributed by atoms with E-state index in [0.717, 1.165) is 49.5 Å². The maximum Gasteiger partial charge on any atom is 0.252 e. The van der Waals surface area contributed by atoms with Crippen LogP contribution in [0.1, 0.15) is 30.0 Å². The summed E-state index contributed by atoms with van der Waals surface area (Å²) in [5, 5.41) is 0. The predicted molar refractivity (Wildman–Crippen MR) is 107 cm³/mol. The zero-order valence-corrected chi connectivity index (χ0v) is 15.9. The lowest BCUT2D eigenvalue weighted by Gasteiger charge is -2.32. The number of piperidine rings is 1. The van der Waals surface area contributed by atoms with Crippen molar-refractivity contribution in [3.8, 4) is 18.1 Å². The topological polar surface area (TPSA) is 61.5 Å². The van der Waals surface area contributed by atoms with E-state index in [4.69, 9.17) is 11.2 Å². The standard InChI is InChI=1S/C21H26N4O2/c1-4-13-27-19-8-6-5-7-17(19)15-25-11-9-16(10-12-25)18-14-20(26)23-21(22-18)24(2)3/h1,5-8,14,16H,9-13,15H2,2-3H3,(H,22,23,26). The van der Waals surface area contributed by atoms with Crippen molar-refractivity contribution in [2.75, 3.05) is 38.7 Å². The van der Waals surface area contributed by atoms with E-state index in [0.29, 0.717) is 11.9 Å². The van der Waals surface area contributed by atoms with Crippen LogP contribution in [0, 0.1) is 12.3 Å². The highest BCUT2D eigenvalue weighted by Gasteiger charge is 2.23. The Hall–Kier alpha value is -2.78. The molecule has 1 aliphatic rings. The molecule has 1 aliphatic heterocycles. The number of nitrogens with one attached hydrogen (secondary N) is 1. The van der Waals surface area contributed by atoms with Gasteiger partial charge in [-0.3, -0.25) is 14.7 Å². The summed E-state index contributed by atoms with van der Waals surface area (Å²) >= 11 is 0. The third-order valence-electron chi connectivity index (χ3n) is 4.86. The van der Waals surface area contributed by atoms with Crippen LogP contribution in [-0.4, -0.2) is 48.7 Å². The number of H-pyrrole nitrogens is 1. The first-order valence-electron chi connectivity index (χ1n) is 9.22. The van der Waals surface area contributed by atoms with Crippen molar-refractivity contribution in [1.29, 1.82) is 0 Å². The highest BCUT2D eigenvalue weighted by Crippen LogP contribution is 2.28. The normalized spacial score (nSPS) is 15.3. The summed E-state index contributed by atoms with van der Waals surface area (Å²) in [7, 11) is 3.76. The number of aromatic amines is 1. The van der Waals surface area contributed by atoms with Gasteiger partial charge >= 0.3 is 0 Å². The van der Waals surface area contributed by atoms with E-state index in [1.165, 1.54) is 0 Å². The molecule has 0 radical (unpaired) electrons. The molecular formula is C21H26N4O2. The molecule has 0 spiro atoms. The number of terminal acetylenes is 1. The second-order valence-corrected chi connectivity index (χ2v) is 7.04. The van der Waals surface area contributed by atoms with Crippen LogP contribution in [0.3, 0.4) is 0 Å². The number of anilines is 1. The zero-order valence-electron chi connectivity index (χ0n) is 15.9. The lowest BCUT2D eigenvalue weighted by atomic mass is 9.93. The molecule has 1 N–H and O–H groups in total. The number of benzene rings is 1. The van der Waals surface area contributed by atoms with E-state index in [1.54, 1.807) is 6.07 Å². The lowest BCUT2D eigenvalue weighted by Crippen LogP contribution is -2.33. The third-order valence-corrected chi connectivity index (χ3v) is 4.86. The van der Waals surface area contributed by atoms with Crippen LogP contribution in [-0.2, 0) is 6.54 Å². The number of rotatable bonds is 6. The molecular weight excluding hydrogens is 340 g/mol. The average Bonchev–Trinajstić information content (AvgIpc) is 2.67. The van der Waals surface area contributed by atoms with Crippen LogP contribution < -0.4 is 15.2 Å². The van der Waals surface area contributed by atoms with Gasteiger partial charge in [0.05, 0.1) is 5.69 Å². The molecule has 1 saturated heterocycles. The second kappa shape index (κ2) is 8.74. The molecule has 6 nitrogen and oxygen atoms in total. The molecule has 0 saturated carbocycles. The van der Waals surface area contributed by atoms with Crippen LogP contribution in [0.2, 0.25) is 0 Å². The molecule has 0 atom stereocenters. The summed E-state index contributed by atoms with van der Waals surface area (Å²) in [4.78, 5) is 23.6. The predicted octanol–water partition coefficient (Wildman–Crippen LogP) is 2.23. The molecule has 1 aromatic heterocycles. The number of hydrogen-bond donors (Lipinski definition) is 1. The van der Waals surface area contributed by atoms with Gasteiger partial charge in [0.2, 0.25) is 5.95 Å². The molecule has 2 aromatic rings. The molecule has 6 heteroatoms. The molecule has 1 aromatic carbocycles. The maximum atomic E-state index is 11.9. The quantitative estimate of drug-likeness (QED) is 0.795. The Kier molecular flexibility index (Phi) is 6.15. The number of aromatic nitrogens is 2. The van der Waals surface area contributed by atoms with Gasteiger partial charge in [0.15, 0.2) is 0 Å². The summed E-state index contributed by atoms with van der Waals surface area (Å²) in [5.41, 5.74) is 1.95. The summed E-state index contributed by atoms with van der Waals surface area (Å²) in [6.45, 7) is 3.03. The number of likely N-dealkylation sites (tertiary alicyclic amines) is 1. The monoisotopic (exact) mass is 366 g/mol. The van der Waals surface area contributed by atoms with Crippen LogP contribution in [0.15, 0.2) is 35.1 Å². The second-order valence-electron chi connectivity index (χ2n) is 7.04. The van der Waals surface area contributed by atoms with Gasteiger partial charge in [-0.05, 0) is 32.0 Å². The number of nitrogens with zero attached hydrogens (tertiary/aromatic N) is 3. The van der Waals surface area contributed by atoms with Gasteiger partial charge in [-0.2, -0.15) is 0 Å². The van der Waals surface area contributed by atoms with Gasteiger partial charge in [0.1, 0.15) is 12.4 Å². The minimum Gasteiger partial charge on any atom is -0.481 e. The molecule has 27 heavy (non-hydrogen) atoms. The van der Waals surface area contributed by atoms with Crippen molar-refractivity contribution < 1.29 is 4.74 Å². The van der Waals surface area contributed by atoms with E-state index in [1.807, 2.05) is 37.2 Å². The van der Waals surface area contributed by atoms with E-state index in [-0.39, 0.29) is 12.2 Å². The molecule has 0 unspecified atom stereocenters. The largest absolute Gasteiger partial charge is 0.481 e. The van der Waals surface area contributed by atoms with E-state index < -0.39 is 0 Å². The summed E-state index contributed by atoms with van der Waals surface area (Å²) in [6, 6.07) is 9.66. The molecule has 0 amide bonds. The molecule has 142 valence electrons. The first kappa shape index (κ1) is 19.0. The van der Waals surface area contributed by atoms with Gasteiger partial charge in [0.25, 0.3) is 5.56 Å². The highest BCUT2D eigenvalue weighted by atomic mass is 16.5. The Labute approximate surface area is 160 Å². The van der Waals surface area contributed by atoms with Crippen molar-refractivity contribution in [3.05, 3.63) is 51.9 Å². The third kappa shape index (κ3) is 4.89. The first-order valence-corrected chi connectivity index (χ1v) is 9.22. The SMILES string of the molecule is C#CCOc1ccccc1CN1CCC(c2cc(=O)[nH]c(N(C)C)n2)CC1. The fourth-order valence-electron chi connectivity index (χ4n) is 3.41. The Bertz CT molecular complexity index is 861. The van der Waals surface area contributed by atoms with E-state index in [9.17, 15) is 4.79 Å². The Morgan fingerprint density at radius 1 is 1.33 bits per heavy atom. The van der Waals surface area contributed by atoms with Crippen LogP contribution in [0.5, 0.6) is 5.75 Å². The van der Waals surface area contributed by atoms with Gasteiger partial charge in [-0.25, -0.2) is 4.98 Å². The molecule has 2 heterocycles. The highest BCUT2D eigenvalue weighted by molar-refractivity contribution is 5.33. The van der Waals surface area contributed by atoms with Crippen LogP contribution >= 0.6 is 0 Å². The van der Waals surface area contributed by atoms with Crippen molar-refractivity contribution in [1.82, 2.24) is 14.9 Å². The smallest absolute Gasteiger partial charge is 0.252 e. The number of para-hydroxylation sites is 1. The molecule has 0 aliphatic carbocycles. The summed E-state index contributed by atoms with van der Waals surface area (Å²) in [6.07, 6.45) is 7.27. The van der Waals surface area contributed by atoms with Gasteiger partial charge < -0.3 is 9.64 Å². The molecule has 1 fully saturated rings. The van der Waals surface area contributed by atoms with Crippen LogP contribution in [0.25, 0.3) is 0 Å². The zero-order chi connectivity index (χ0) is 19.2. The summed E-state index contributed by atoms with van der Waals surface area (Å²) in [5.74, 6) is 4.29. The van der Waals surface area contributed by atoms with Crippen molar-refractivity contribution in [3.63, 3.8) is 0 Å². The Balaban J connectivity index is 1.63. The fourth-order valence-corrected chi connectivity index (χ4v) is 3.41. The minimum atomic E-state index is -0.0919. The fraction of sp³-hybridized carbons (Fsp3) is 0.429.